The van der Waals surface area contributed by atoms with Crippen molar-refractivity contribution in [2.75, 3.05) is 5.32 Å². The van der Waals surface area contributed by atoms with Crippen molar-refractivity contribution in [3.63, 3.8) is 0 Å². The average molecular weight is 396 g/mol. The zero-order chi connectivity index (χ0) is 18.8. The molecule has 1 fully saturated rings. The lowest BCUT2D eigenvalue weighted by Crippen LogP contribution is -2.23. The standard InChI is InChI=1S/C19H17N5OS2/c1-12(18(25)21-15-6-3-2-5-13(15)11-20)27-19-23-22-17(16-7-4-10-26-16)24(19)14-8-9-14/h2-7,10,12,14H,8-9H2,1H3,(H,21,25)/t12-/m1/s1. The second-order valence-corrected chi connectivity index (χ2v) is 8.55. The van der Waals surface area contributed by atoms with Crippen LogP contribution in [0.3, 0.4) is 0 Å². The Morgan fingerprint density at radius 3 is 2.85 bits per heavy atom. The molecule has 0 aliphatic heterocycles. The highest BCUT2D eigenvalue weighted by Crippen LogP contribution is 2.42. The van der Waals surface area contributed by atoms with Gasteiger partial charge in [0.2, 0.25) is 5.91 Å². The van der Waals surface area contributed by atoms with Gasteiger partial charge in [-0.05, 0) is 43.3 Å². The molecule has 27 heavy (non-hydrogen) atoms. The van der Waals surface area contributed by atoms with Gasteiger partial charge in [-0.2, -0.15) is 5.26 Å². The fraction of sp³-hybridized carbons (Fsp3) is 0.263. The summed E-state index contributed by atoms with van der Waals surface area (Å²) in [6.07, 6.45) is 2.22. The lowest BCUT2D eigenvalue weighted by Gasteiger charge is -2.13. The summed E-state index contributed by atoms with van der Waals surface area (Å²) < 4.78 is 2.16. The lowest BCUT2D eigenvalue weighted by molar-refractivity contribution is -0.115. The van der Waals surface area contributed by atoms with Gasteiger partial charge in [-0.15, -0.1) is 21.5 Å². The van der Waals surface area contributed by atoms with Crippen molar-refractivity contribution in [1.82, 2.24) is 14.8 Å². The van der Waals surface area contributed by atoms with Crippen LogP contribution in [0.1, 0.15) is 31.4 Å². The molecule has 6 nitrogen and oxygen atoms in total. The van der Waals surface area contributed by atoms with E-state index in [1.165, 1.54) is 11.8 Å². The maximum absolute atomic E-state index is 12.6. The molecule has 1 aliphatic rings. The van der Waals surface area contributed by atoms with Gasteiger partial charge < -0.3 is 5.32 Å². The quantitative estimate of drug-likeness (QED) is 0.628. The third-order valence-corrected chi connectivity index (χ3v) is 6.20. The molecule has 136 valence electrons. The smallest absolute Gasteiger partial charge is 0.237 e. The SMILES string of the molecule is C[C@@H](Sc1nnc(-c2cccs2)n1C1CC1)C(=O)Nc1ccccc1C#N. The molecule has 0 spiro atoms. The number of thiophene rings is 1. The molecule has 8 heteroatoms. The average Bonchev–Trinajstić information content (AvgIpc) is 3.20. The maximum Gasteiger partial charge on any atom is 0.237 e. The molecule has 4 rings (SSSR count). The third kappa shape index (κ3) is 3.75. The van der Waals surface area contributed by atoms with E-state index in [4.69, 9.17) is 0 Å². The molecule has 1 amide bonds. The number of amides is 1. The molecular formula is C19H17N5OS2. The summed E-state index contributed by atoms with van der Waals surface area (Å²) in [6.45, 7) is 1.84. The van der Waals surface area contributed by atoms with Crippen LogP contribution >= 0.6 is 23.1 Å². The molecule has 0 unspecified atom stereocenters. The van der Waals surface area contributed by atoms with E-state index < -0.39 is 0 Å². The molecule has 0 bridgehead atoms. The first-order valence-corrected chi connectivity index (χ1v) is 10.4. The number of nitrogens with zero attached hydrogens (tertiary/aromatic N) is 4. The number of hydrogen-bond acceptors (Lipinski definition) is 6. The molecule has 1 atom stereocenters. The van der Waals surface area contributed by atoms with Crippen LogP contribution in [0.5, 0.6) is 0 Å². The van der Waals surface area contributed by atoms with Crippen molar-refractivity contribution in [2.45, 2.75) is 36.2 Å². The Kier molecular flexibility index (Phi) is 4.97. The second kappa shape index (κ2) is 7.55. The van der Waals surface area contributed by atoms with Gasteiger partial charge in [0.05, 0.1) is 21.4 Å². The normalized spacial score (nSPS) is 14.5. The minimum Gasteiger partial charge on any atom is -0.324 e. The molecule has 1 N–H and O–H groups in total. The van der Waals surface area contributed by atoms with E-state index in [1.54, 1.807) is 35.6 Å². The van der Waals surface area contributed by atoms with Crippen LogP contribution in [0.4, 0.5) is 5.69 Å². The van der Waals surface area contributed by atoms with E-state index in [-0.39, 0.29) is 11.2 Å². The van der Waals surface area contributed by atoms with Crippen LogP contribution in [-0.4, -0.2) is 25.9 Å². The summed E-state index contributed by atoms with van der Waals surface area (Å²) in [5.74, 6) is 0.711. The van der Waals surface area contributed by atoms with Crippen LogP contribution in [0.25, 0.3) is 10.7 Å². The summed E-state index contributed by atoms with van der Waals surface area (Å²) in [7, 11) is 0. The predicted molar refractivity (Wildman–Crippen MR) is 107 cm³/mol. The summed E-state index contributed by atoms with van der Waals surface area (Å²) in [4.78, 5) is 13.7. The Hall–Kier alpha value is -2.63. The first-order chi connectivity index (χ1) is 13.2. The van der Waals surface area contributed by atoms with Crippen molar-refractivity contribution < 1.29 is 4.79 Å². The molecule has 1 saturated carbocycles. The summed E-state index contributed by atoms with van der Waals surface area (Å²) >= 11 is 3.03. The maximum atomic E-state index is 12.6. The fourth-order valence-electron chi connectivity index (χ4n) is 2.73. The first-order valence-electron chi connectivity index (χ1n) is 8.63. The van der Waals surface area contributed by atoms with Crippen LogP contribution in [-0.2, 0) is 4.79 Å². The van der Waals surface area contributed by atoms with Crippen molar-refractivity contribution in [1.29, 1.82) is 5.26 Å². The van der Waals surface area contributed by atoms with Gasteiger partial charge >= 0.3 is 0 Å². The number of benzene rings is 1. The van der Waals surface area contributed by atoms with E-state index in [0.29, 0.717) is 17.3 Å². The molecular weight excluding hydrogens is 378 g/mol. The Bertz CT molecular complexity index is 1000. The molecule has 2 heterocycles. The Balaban J connectivity index is 1.52. The number of thioether (sulfide) groups is 1. The highest BCUT2D eigenvalue weighted by atomic mass is 32.2. The van der Waals surface area contributed by atoms with Gasteiger partial charge in [0.25, 0.3) is 0 Å². The summed E-state index contributed by atoms with van der Waals surface area (Å²) in [5.41, 5.74) is 0.976. The second-order valence-electron chi connectivity index (χ2n) is 6.29. The van der Waals surface area contributed by atoms with Gasteiger partial charge in [-0.25, -0.2) is 0 Å². The number of anilines is 1. The number of hydrogen-bond donors (Lipinski definition) is 1. The van der Waals surface area contributed by atoms with Crippen LogP contribution in [0.15, 0.2) is 46.9 Å². The molecule has 3 aromatic rings. The minimum absolute atomic E-state index is 0.161. The summed E-state index contributed by atoms with van der Waals surface area (Å²) in [6, 6.07) is 13.5. The molecule has 0 radical (unpaired) electrons. The summed E-state index contributed by atoms with van der Waals surface area (Å²) in [5, 5.41) is 23.2. The van der Waals surface area contributed by atoms with Gasteiger partial charge in [0, 0.05) is 6.04 Å². The number of nitriles is 1. The number of carbonyl (C=O) groups excluding carboxylic acids is 1. The van der Waals surface area contributed by atoms with Gasteiger partial charge in [0.15, 0.2) is 11.0 Å². The Morgan fingerprint density at radius 2 is 2.15 bits per heavy atom. The van der Waals surface area contributed by atoms with Gasteiger partial charge in [0.1, 0.15) is 6.07 Å². The molecule has 0 saturated heterocycles. The number of carbonyl (C=O) groups is 1. The number of rotatable bonds is 6. The minimum atomic E-state index is -0.366. The number of nitrogens with one attached hydrogen (secondary N) is 1. The Labute approximate surface area is 165 Å². The lowest BCUT2D eigenvalue weighted by atomic mass is 10.2. The largest absolute Gasteiger partial charge is 0.324 e. The predicted octanol–water partition coefficient (Wildman–Crippen LogP) is 4.33. The van der Waals surface area contributed by atoms with E-state index in [1.807, 2.05) is 24.4 Å². The van der Waals surface area contributed by atoms with E-state index in [0.717, 1.165) is 28.7 Å². The van der Waals surface area contributed by atoms with Crippen molar-refractivity contribution in [2.24, 2.45) is 0 Å². The van der Waals surface area contributed by atoms with Gasteiger partial charge in [-0.3, -0.25) is 9.36 Å². The third-order valence-electron chi connectivity index (χ3n) is 4.27. The number of para-hydroxylation sites is 1. The first kappa shape index (κ1) is 17.8. The fourth-order valence-corrected chi connectivity index (χ4v) is 4.35. The highest BCUT2D eigenvalue weighted by molar-refractivity contribution is 8.00. The molecule has 1 aliphatic carbocycles. The zero-order valence-corrected chi connectivity index (χ0v) is 16.3. The van der Waals surface area contributed by atoms with Crippen molar-refractivity contribution in [3.05, 3.63) is 47.3 Å². The number of aromatic nitrogens is 3. The molecule has 1 aromatic carbocycles. The van der Waals surface area contributed by atoms with Crippen LogP contribution < -0.4 is 5.32 Å². The Morgan fingerprint density at radius 1 is 1.33 bits per heavy atom. The van der Waals surface area contributed by atoms with Crippen LogP contribution in [0, 0.1) is 11.3 Å². The highest BCUT2D eigenvalue weighted by Gasteiger charge is 2.31. The van der Waals surface area contributed by atoms with Gasteiger partial charge in [-0.1, -0.05) is 30.0 Å². The van der Waals surface area contributed by atoms with E-state index >= 15 is 0 Å². The molecule has 2 aromatic heterocycles. The zero-order valence-electron chi connectivity index (χ0n) is 14.6. The van der Waals surface area contributed by atoms with Crippen molar-refractivity contribution >= 4 is 34.7 Å². The van der Waals surface area contributed by atoms with Crippen LogP contribution in [0.2, 0.25) is 0 Å². The van der Waals surface area contributed by atoms with Crippen molar-refractivity contribution in [3.8, 4) is 16.8 Å². The van der Waals surface area contributed by atoms with E-state index in [2.05, 4.69) is 26.2 Å². The topological polar surface area (TPSA) is 83.6 Å². The van der Waals surface area contributed by atoms with E-state index in [9.17, 15) is 10.1 Å². The monoisotopic (exact) mass is 395 g/mol.